The van der Waals surface area contributed by atoms with Gasteiger partial charge in [-0.1, -0.05) is 35.9 Å². The normalized spacial score (nSPS) is 10.9. The van der Waals surface area contributed by atoms with Gasteiger partial charge in [-0.15, -0.1) is 0 Å². The Morgan fingerprint density at radius 3 is 2.41 bits per heavy atom. The highest BCUT2D eigenvalue weighted by molar-refractivity contribution is 9.11. The molecule has 2 amide bonds. The molecular formula is C25H18Br2ClN3O3. The van der Waals surface area contributed by atoms with Gasteiger partial charge in [0.1, 0.15) is 17.4 Å². The van der Waals surface area contributed by atoms with E-state index in [0.717, 1.165) is 5.56 Å². The summed E-state index contributed by atoms with van der Waals surface area (Å²) in [6.45, 7) is 1.66. The predicted octanol–water partition coefficient (Wildman–Crippen LogP) is 6.74. The lowest BCUT2D eigenvalue weighted by Gasteiger charge is -2.12. The Morgan fingerprint density at radius 1 is 1.06 bits per heavy atom. The van der Waals surface area contributed by atoms with Gasteiger partial charge < -0.3 is 15.4 Å². The van der Waals surface area contributed by atoms with Crippen LogP contribution in [0.5, 0.6) is 5.75 Å². The average Bonchev–Trinajstić information content (AvgIpc) is 2.78. The minimum Gasteiger partial charge on any atom is -0.481 e. The summed E-state index contributed by atoms with van der Waals surface area (Å²) in [5.74, 6) is -0.499. The molecule has 172 valence electrons. The monoisotopic (exact) mass is 601 g/mol. The van der Waals surface area contributed by atoms with E-state index >= 15 is 0 Å². The van der Waals surface area contributed by atoms with Crippen molar-refractivity contribution in [1.82, 2.24) is 0 Å². The van der Waals surface area contributed by atoms with Gasteiger partial charge in [0.2, 0.25) is 0 Å². The molecular weight excluding hydrogens is 586 g/mol. The number of carbonyl (C=O) groups excluding carboxylic acids is 2. The molecule has 0 aliphatic carbocycles. The third-order valence-corrected chi connectivity index (χ3v) is 5.98. The lowest BCUT2D eigenvalue weighted by atomic mass is 10.1. The number of rotatable bonds is 7. The molecule has 9 heteroatoms. The van der Waals surface area contributed by atoms with Crippen LogP contribution in [0.2, 0.25) is 5.02 Å². The largest absolute Gasteiger partial charge is 0.481 e. The molecule has 0 saturated heterocycles. The van der Waals surface area contributed by atoms with Gasteiger partial charge in [0.15, 0.2) is 6.61 Å². The molecule has 0 aromatic heterocycles. The van der Waals surface area contributed by atoms with Crippen LogP contribution in [0.4, 0.5) is 11.4 Å². The van der Waals surface area contributed by atoms with Gasteiger partial charge in [-0.25, -0.2) is 0 Å². The van der Waals surface area contributed by atoms with Crippen LogP contribution >= 0.6 is 43.5 Å². The Hall–Kier alpha value is -3.12. The smallest absolute Gasteiger partial charge is 0.266 e. The fourth-order valence-electron chi connectivity index (χ4n) is 2.92. The molecule has 0 fully saturated rings. The van der Waals surface area contributed by atoms with Crippen molar-refractivity contribution in [2.24, 2.45) is 0 Å². The number of benzene rings is 3. The molecule has 0 atom stereocenters. The molecule has 0 spiro atoms. The number of nitrogens with one attached hydrogen (secondary N) is 2. The Bertz CT molecular complexity index is 1300. The Balaban J connectivity index is 1.70. The maximum Gasteiger partial charge on any atom is 0.266 e. The third-order valence-electron chi connectivity index (χ3n) is 4.47. The Morgan fingerprint density at radius 2 is 1.76 bits per heavy atom. The quantitative estimate of drug-likeness (QED) is 0.231. The average molecular weight is 604 g/mol. The number of aryl methyl sites for hydroxylation is 1. The van der Waals surface area contributed by atoms with Crippen LogP contribution < -0.4 is 15.4 Å². The zero-order chi connectivity index (χ0) is 24.7. The molecule has 3 rings (SSSR count). The highest BCUT2D eigenvalue weighted by atomic mass is 79.9. The van der Waals surface area contributed by atoms with Crippen molar-refractivity contribution in [1.29, 1.82) is 5.26 Å². The number of anilines is 2. The zero-order valence-electron chi connectivity index (χ0n) is 17.9. The second-order valence-corrected chi connectivity index (χ2v) is 9.24. The molecule has 3 aromatic carbocycles. The van der Waals surface area contributed by atoms with Crippen LogP contribution in [0.3, 0.4) is 0 Å². The number of halogens is 3. The number of hydrogen-bond acceptors (Lipinski definition) is 4. The van der Waals surface area contributed by atoms with Crippen LogP contribution in [-0.4, -0.2) is 18.4 Å². The molecule has 0 radical (unpaired) electrons. The first-order valence-corrected chi connectivity index (χ1v) is 11.9. The second kappa shape index (κ2) is 11.8. The van der Waals surface area contributed by atoms with E-state index in [1.807, 2.05) is 31.2 Å². The Labute approximate surface area is 218 Å². The van der Waals surface area contributed by atoms with Gasteiger partial charge in [0, 0.05) is 5.69 Å². The van der Waals surface area contributed by atoms with Crippen LogP contribution in [0.1, 0.15) is 11.1 Å². The number of amides is 2. The molecule has 0 saturated carbocycles. The molecule has 0 aliphatic heterocycles. The summed E-state index contributed by atoms with van der Waals surface area (Å²) < 4.78 is 6.73. The maximum absolute atomic E-state index is 12.5. The number of para-hydroxylation sites is 1. The van der Waals surface area contributed by atoms with Gasteiger partial charge >= 0.3 is 0 Å². The number of carbonyl (C=O) groups is 2. The van der Waals surface area contributed by atoms with E-state index in [4.69, 9.17) is 16.3 Å². The van der Waals surface area contributed by atoms with Crippen LogP contribution in [0.15, 0.2) is 75.2 Å². The summed E-state index contributed by atoms with van der Waals surface area (Å²) in [4.78, 5) is 24.8. The van der Waals surface area contributed by atoms with Crippen molar-refractivity contribution in [2.45, 2.75) is 6.92 Å². The fourth-order valence-corrected chi connectivity index (χ4v) is 4.56. The highest BCUT2D eigenvalue weighted by Gasteiger charge is 2.14. The predicted molar refractivity (Wildman–Crippen MR) is 141 cm³/mol. The Kier molecular flexibility index (Phi) is 8.88. The van der Waals surface area contributed by atoms with Crippen molar-refractivity contribution in [3.05, 3.63) is 91.3 Å². The van der Waals surface area contributed by atoms with Gasteiger partial charge in [-0.2, -0.15) is 5.26 Å². The molecule has 3 aromatic rings. The van der Waals surface area contributed by atoms with E-state index in [0.29, 0.717) is 36.7 Å². The number of ether oxygens (including phenoxy) is 1. The summed E-state index contributed by atoms with van der Waals surface area (Å²) in [7, 11) is 0. The van der Waals surface area contributed by atoms with Crippen LogP contribution in [-0.2, 0) is 9.59 Å². The molecule has 2 N–H and O–H groups in total. The lowest BCUT2D eigenvalue weighted by Crippen LogP contribution is -2.20. The van der Waals surface area contributed by atoms with Gasteiger partial charge in [0.25, 0.3) is 11.8 Å². The van der Waals surface area contributed by atoms with Crippen molar-refractivity contribution >= 4 is 72.7 Å². The SMILES string of the molecule is Cc1cccc(NC(=O)/C(C#N)=C/c2cc(Br)c(OCC(=O)Nc3ccccc3Cl)c(Br)c2)c1. The van der Waals surface area contributed by atoms with Crippen molar-refractivity contribution in [2.75, 3.05) is 17.2 Å². The van der Waals surface area contributed by atoms with E-state index < -0.39 is 5.91 Å². The van der Waals surface area contributed by atoms with Gasteiger partial charge in [-0.05, 0) is 92.4 Å². The minimum absolute atomic E-state index is 0.0620. The first kappa shape index (κ1) is 25.5. The summed E-state index contributed by atoms with van der Waals surface area (Å²) in [6, 6.07) is 19.5. The van der Waals surface area contributed by atoms with Crippen molar-refractivity contribution in [3.63, 3.8) is 0 Å². The van der Waals surface area contributed by atoms with E-state index in [9.17, 15) is 14.9 Å². The third kappa shape index (κ3) is 6.94. The zero-order valence-corrected chi connectivity index (χ0v) is 21.8. The van der Waals surface area contributed by atoms with E-state index in [1.54, 1.807) is 42.5 Å². The summed E-state index contributed by atoms with van der Waals surface area (Å²) in [5, 5.41) is 15.3. The number of nitriles is 1. The second-order valence-electron chi connectivity index (χ2n) is 7.12. The maximum atomic E-state index is 12.5. The number of hydrogen-bond donors (Lipinski definition) is 2. The summed E-state index contributed by atoms with van der Waals surface area (Å²) >= 11 is 12.9. The van der Waals surface area contributed by atoms with E-state index in [-0.39, 0.29) is 18.1 Å². The summed E-state index contributed by atoms with van der Waals surface area (Å²) in [5.41, 5.74) is 2.61. The molecule has 6 nitrogen and oxygen atoms in total. The van der Waals surface area contributed by atoms with Crippen molar-refractivity contribution < 1.29 is 14.3 Å². The molecule has 0 heterocycles. The summed E-state index contributed by atoms with van der Waals surface area (Å²) in [6.07, 6.45) is 1.47. The van der Waals surface area contributed by atoms with Crippen molar-refractivity contribution in [3.8, 4) is 11.8 Å². The molecule has 0 aliphatic rings. The minimum atomic E-state index is -0.517. The van der Waals surface area contributed by atoms with E-state index in [1.165, 1.54) is 6.08 Å². The van der Waals surface area contributed by atoms with Gasteiger partial charge in [-0.3, -0.25) is 9.59 Å². The molecule has 0 unspecified atom stereocenters. The first-order chi connectivity index (χ1) is 16.3. The fraction of sp³-hybridized carbons (Fsp3) is 0.0800. The first-order valence-electron chi connectivity index (χ1n) is 9.93. The van der Waals surface area contributed by atoms with Crippen LogP contribution in [0.25, 0.3) is 6.08 Å². The topological polar surface area (TPSA) is 91.2 Å². The standard InChI is InChI=1S/C25H18Br2ClN3O3/c1-15-5-4-6-18(9-15)30-25(33)17(13-29)10-16-11-19(26)24(20(27)12-16)34-14-23(32)31-22-8-3-2-7-21(22)28/h2-12H,14H2,1H3,(H,30,33)(H,31,32)/b17-10+. The number of nitrogens with zero attached hydrogens (tertiary/aromatic N) is 1. The van der Waals surface area contributed by atoms with Gasteiger partial charge in [0.05, 0.1) is 19.7 Å². The van der Waals surface area contributed by atoms with Crippen LogP contribution in [0, 0.1) is 18.3 Å². The highest BCUT2D eigenvalue weighted by Crippen LogP contribution is 2.35. The lowest BCUT2D eigenvalue weighted by molar-refractivity contribution is -0.118. The molecule has 34 heavy (non-hydrogen) atoms. The van der Waals surface area contributed by atoms with E-state index in [2.05, 4.69) is 42.5 Å². The molecule has 0 bridgehead atoms.